The van der Waals surface area contributed by atoms with Crippen LogP contribution in [0.1, 0.15) is 24.0 Å². The lowest BCUT2D eigenvalue weighted by Crippen LogP contribution is -2.41. The van der Waals surface area contributed by atoms with E-state index in [0.717, 1.165) is 25.5 Å². The average Bonchev–Trinajstić information content (AvgIpc) is 2.47. The zero-order valence-electron chi connectivity index (χ0n) is 11.9. The number of rotatable bonds is 3. The summed E-state index contributed by atoms with van der Waals surface area (Å²) in [6.45, 7) is 1.47. The molecule has 1 aromatic rings. The van der Waals surface area contributed by atoms with Crippen molar-refractivity contribution in [2.45, 2.75) is 25.6 Å². The summed E-state index contributed by atoms with van der Waals surface area (Å²) >= 11 is 0. The van der Waals surface area contributed by atoms with E-state index in [1.54, 1.807) is 13.1 Å². The third-order valence-corrected chi connectivity index (χ3v) is 3.75. The molecule has 1 heterocycles. The maximum atomic E-state index is 12.9. The SMILES string of the molecule is CN(Cc1ccccc1C(F)(F)F)C(=O)C1CCCNC1. The summed E-state index contributed by atoms with van der Waals surface area (Å²) < 4.78 is 38.8. The second-order valence-corrected chi connectivity index (χ2v) is 5.39. The van der Waals surface area contributed by atoms with E-state index in [0.29, 0.717) is 6.54 Å². The minimum atomic E-state index is -4.40. The molecule has 1 amide bonds. The molecule has 0 radical (unpaired) electrons. The fraction of sp³-hybridized carbons (Fsp3) is 0.533. The Balaban J connectivity index is 2.09. The maximum Gasteiger partial charge on any atom is 0.416 e. The van der Waals surface area contributed by atoms with Crippen LogP contribution < -0.4 is 5.32 Å². The van der Waals surface area contributed by atoms with Gasteiger partial charge in [-0.1, -0.05) is 18.2 Å². The minimum absolute atomic E-state index is 0.0228. The summed E-state index contributed by atoms with van der Waals surface area (Å²) in [7, 11) is 1.56. The van der Waals surface area contributed by atoms with Crippen molar-refractivity contribution in [3.05, 3.63) is 35.4 Å². The molecule has 1 aliphatic heterocycles. The zero-order valence-corrected chi connectivity index (χ0v) is 11.9. The van der Waals surface area contributed by atoms with Gasteiger partial charge in [-0.25, -0.2) is 0 Å². The van der Waals surface area contributed by atoms with Crippen molar-refractivity contribution in [1.29, 1.82) is 0 Å². The molecule has 0 spiro atoms. The van der Waals surface area contributed by atoms with Crippen LogP contribution in [-0.2, 0) is 17.5 Å². The molecule has 1 fully saturated rings. The number of alkyl halides is 3. The smallest absolute Gasteiger partial charge is 0.341 e. The summed E-state index contributed by atoms with van der Waals surface area (Å²) in [5.74, 6) is -0.235. The van der Waals surface area contributed by atoms with Gasteiger partial charge in [0.1, 0.15) is 0 Å². The van der Waals surface area contributed by atoms with Crippen LogP contribution in [0.5, 0.6) is 0 Å². The van der Waals surface area contributed by atoms with E-state index in [4.69, 9.17) is 0 Å². The third-order valence-electron chi connectivity index (χ3n) is 3.75. The highest BCUT2D eigenvalue weighted by molar-refractivity contribution is 5.79. The molecule has 0 bridgehead atoms. The van der Waals surface area contributed by atoms with Crippen molar-refractivity contribution in [3.8, 4) is 0 Å². The Labute approximate surface area is 122 Å². The Bertz CT molecular complexity index is 496. The van der Waals surface area contributed by atoms with Crippen LogP contribution >= 0.6 is 0 Å². The first-order valence-electron chi connectivity index (χ1n) is 7.00. The van der Waals surface area contributed by atoms with E-state index >= 15 is 0 Å². The first kappa shape index (κ1) is 15.8. The molecule has 0 aromatic heterocycles. The number of amides is 1. The van der Waals surface area contributed by atoms with Gasteiger partial charge < -0.3 is 10.2 Å². The van der Waals surface area contributed by atoms with E-state index in [9.17, 15) is 18.0 Å². The number of hydrogen-bond acceptors (Lipinski definition) is 2. The van der Waals surface area contributed by atoms with Gasteiger partial charge in [0.25, 0.3) is 0 Å². The van der Waals surface area contributed by atoms with Gasteiger partial charge in [-0.3, -0.25) is 4.79 Å². The molecule has 116 valence electrons. The molecule has 1 aromatic carbocycles. The first-order valence-corrected chi connectivity index (χ1v) is 7.00. The fourth-order valence-corrected chi connectivity index (χ4v) is 2.64. The fourth-order valence-electron chi connectivity index (χ4n) is 2.64. The Kier molecular flexibility index (Phi) is 4.88. The van der Waals surface area contributed by atoms with E-state index < -0.39 is 11.7 Å². The summed E-state index contributed by atoms with van der Waals surface area (Å²) in [5.41, 5.74) is -0.545. The highest BCUT2D eigenvalue weighted by atomic mass is 19.4. The van der Waals surface area contributed by atoms with Crippen molar-refractivity contribution >= 4 is 5.91 Å². The molecule has 6 heteroatoms. The third kappa shape index (κ3) is 3.97. The topological polar surface area (TPSA) is 32.3 Å². The highest BCUT2D eigenvalue weighted by Gasteiger charge is 2.33. The van der Waals surface area contributed by atoms with Crippen LogP contribution in [0.3, 0.4) is 0 Å². The number of nitrogens with one attached hydrogen (secondary N) is 1. The number of carbonyl (C=O) groups excluding carboxylic acids is 1. The standard InChI is InChI=1S/C15H19F3N2O/c1-20(14(21)11-6-4-8-19-9-11)10-12-5-2-3-7-13(12)15(16,17)18/h2-3,5,7,11,19H,4,6,8-10H2,1H3. The molecule has 0 saturated carbocycles. The summed E-state index contributed by atoms with van der Waals surface area (Å²) in [6, 6.07) is 5.39. The van der Waals surface area contributed by atoms with Crippen LogP contribution in [0, 0.1) is 5.92 Å². The Hall–Kier alpha value is -1.56. The minimum Gasteiger partial charge on any atom is -0.341 e. The number of benzene rings is 1. The summed E-state index contributed by atoms with van der Waals surface area (Å²) in [5, 5.41) is 3.14. The molecule has 1 N–H and O–H groups in total. The van der Waals surface area contributed by atoms with Crippen LogP contribution in [-0.4, -0.2) is 30.9 Å². The Morgan fingerprint density at radius 2 is 2.10 bits per heavy atom. The van der Waals surface area contributed by atoms with Gasteiger partial charge in [-0.05, 0) is 31.0 Å². The number of halogens is 3. The predicted molar refractivity (Wildman–Crippen MR) is 73.5 cm³/mol. The summed E-state index contributed by atoms with van der Waals surface area (Å²) in [6.07, 6.45) is -2.69. The van der Waals surface area contributed by atoms with Crippen molar-refractivity contribution in [2.24, 2.45) is 5.92 Å². The number of hydrogen-bond donors (Lipinski definition) is 1. The molecular weight excluding hydrogens is 281 g/mol. The molecule has 1 atom stereocenters. The molecular formula is C15H19F3N2O. The van der Waals surface area contributed by atoms with Crippen molar-refractivity contribution in [3.63, 3.8) is 0 Å². The van der Waals surface area contributed by atoms with Gasteiger partial charge in [0.15, 0.2) is 0 Å². The van der Waals surface area contributed by atoms with Gasteiger partial charge in [-0.2, -0.15) is 13.2 Å². The quantitative estimate of drug-likeness (QED) is 0.931. The van der Waals surface area contributed by atoms with E-state index in [1.165, 1.54) is 17.0 Å². The Morgan fingerprint density at radius 3 is 2.71 bits per heavy atom. The second-order valence-electron chi connectivity index (χ2n) is 5.39. The lowest BCUT2D eigenvalue weighted by molar-refractivity contribution is -0.140. The molecule has 21 heavy (non-hydrogen) atoms. The van der Waals surface area contributed by atoms with Crippen LogP contribution in [0.15, 0.2) is 24.3 Å². The normalized spacial score (nSPS) is 19.3. The van der Waals surface area contributed by atoms with Crippen LogP contribution in [0.4, 0.5) is 13.2 Å². The molecule has 0 aliphatic carbocycles. The molecule has 1 aliphatic rings. The molecule has 3 nitrogen and oxygen atoms in total. The zero-order chi connectivity index (χ0) is 15.5. The van der Waals surface area contributed by atoms with Crippen molar-refractivity contribution in [2.75, 3.05) is 20.1 Å². The van der Waals surface area contributed by atoms with Gasteiger partial charge >= 0.3 is 6.18 Å². The number of nitrogens with zero attached hydrogens (tertiary/aromatic N) is 1. The van der Waals surface area contributed by atoms with Gasteiger partial charge in [0.2, 0.25) is 5.91 Å². The van der Waals surface area contributed by atoms with Gasteiger partial charge in [0.05, 0.1) is 11.5 Å². The van der Waals surface area contributed by atoms with E-state index in [-0.39, 0.29) is 23.9 Å². The predicted octanol–water partition coefficient (Wildman–Crippen LogP) is 2.66. The highest BCUT2D eigenvalue weighted by Crippen LogP contribution is 2.32. The monoisotopic (exact) mass is 300 g/mol. The maximum absolute atomic E-state index is 12.9. The lowest BCUT2D eigenvalue weighted by atomic mass is 9.98. The van der Waals surface area contributed by atoms with Crippen LogP contribution in [0.2, 0.25) is 0 Å². The van der Waals surface area contributed by atoms with Crippen molar-refractivity contribution in [1.82, 2.24) is 10.2 Å². The Morgan fingerprint density at radius 1 is 1.38 bits per heavy atom. The molecule has 2 rings (SSSR count). The largest absolute Gasteiger partial charge is 0.416 e. The van der Waals surface area contributed by atoms with Gasteiger partial charge in [0, 0.05) is 20.1 Å². The first-order chi connectivity index (χ1) is 9.89. The molecule has 1 saturated heterocycles. The summed E-state index contributed by atoms with van der Waals surface area (Å²) in [4.78, 5) is 13.7. The number of carbonyl (C=O) groups is 1. The molecule has 1 unspecified atom stereocenters. The van der Waals surface area contributed by atoms with Gasteiger partial charge in [-0.15, -0.1) is 0 Å². The lowest BCUT2D eigenvalue weighted by Gasteiger charge is -2.27. The second kappa shape index (κ2) is 6.47. The van der Waals surface area contributed by atoms with Crippen molar-refractivity contribution < 1.29 is 18.0 Å². The van der Waals surface area contributed by atoms with E-state index in [1.807, 2.05) is 0 Å². The van der Waals surface area contributed by atoms with Crippen LogP contribution in [0.25, 0.3) is 0 Å². The average molecular weight is 300 g/mol. The number of piperidine rings is 1. The van der Waals surface area contributed by atoms with E-state index in [2.05, 4.69) is 5.32 Å².